The molecule has 0 fully saturated rings. The van der Waals surface area contributed by atoms with Gasteiger partial charge < -0.3 is 11.1 Å². The molecule has 0 spiro atoms. The molecule has 1 aromatic heterocycles. The molecule has 1 heterocycles. The lowest BCUT2D eigenvalue weighted by Crippen LogP contribution is -2.43. The standard InChI is InChI=1S/C13H20F3N3/c1-9(2)6-12(3,8-17)19-11-5-4-10(7-18-11)13(14,15)16/h4-5,7,9H,6,8,17H2,1-3H3,(H,18,19). The SMILES string of the molecule is CC(C)CC(C)(CN)Nc1ccc(C(F)(F)F)cn1. The first kappa shape index (κ1) is 15.8. The normalized spacial score (nSPS) is 15.4. The number of nitrogens with zero attached hydrogens (tertiary/aromatic N) is 1. The van der Waals surface area contributed by atoms with Crippen molar-refractivity contribution in [1.82, 2.24) is 4.98 Å². The van der Waals surface area contributed by atoms with Crippen LogP contribution in [0.25, 0.3) is 0 Å². The molecule has 108 valence electrons. The Labute approximate surface area is 111 Å². The van der Waals surface area contributed by atoms with Gasteiger partial charge in [-0.3, -0.25) is 0 Å². The third-order valence-corrected chi connectivity index (χ3v) is 2.83. The van der Waals surface area contributed by atoms with Crippen LogP contribution in [0.4, 0.5) is 19.0 Å². The molecule has 6 heteroatoms. The Balaban J connectivity index is 2.82. The van der Waals surface area contributed by atoms with Gasteiger partial charge in [-0.2, -0.15) is 13.2 Å². The molecule has 19 heavy (non-hydrogen) atoms. The zero-order valence-corrected chi connectivity index (χ0v) is 11.4. The van der Waals surface area contributed by atoms with Crippen LogP contribution in [0.2, 0.25) is 0 Å². The van der Waals surface area contributed by atoms with Crippen molar-refractivity contribution in [3.63, 3.8) is 0 Å². The number of anilines is 1. The average molecular weight is 275 g/mol. The average Bonchev–Trinajstić information content (AvgIpc) is 2.27. The molecule has 1 atom stereocenters. The van der Waals surface area contributed by atoms with E-state index in [0.29, 0.717) is 18.3 Å². The summed E-state index contributed by atoms with van der Waals surface area (Å²) in [5, 5.41) is 3.11. The maximum absolute atomic E-state index is 12.4. The Kier molecular flexibility index (Phi) is 4.79. The van der Waals surface area contributed by atoms with Crippen molar-refractivity contribution in [3.05, 3.63) is 23.9 Å². The number of pyridine rings is 1. The number of nitrogens with two attached hydrogens (primary N) is 1. The molecule has 0 bridgehead atoms. The Morgan fingerprint density at radius 1 is 1.32 bits per heavy atom. The number of hydrogen-bond donors (Lipinski definition) is 2. The summed E-state index contributed by atoms with van der Waals surface area (Å²) in [6.45, 7) is 6.45. The van der Waals surface area contributed by atoms with Gasteiger partial charge in [0.2, 0.25) is 0 Å². The van der Waals surface area contributed by atoms with E-state index < -0.39 is 11.7 Å². The fourth-order valence-corrected chi connectivity index (χ4v) is 2.03. The first-order valence-electron chi connectivity index (χ1n) is 6.18. The van der Waals surface area contributed by atoms with Crippen molar-refractivity contribution < 1.29 is 13.2 Å². The Hall–Kier alpha value is -1.30. The van der Waals surface area contributed by atoms with Crippen molar-refractivity contribution in [2.24, 2.45) is 11.7 Å². The largest absolute Gasteiger partial charge is 0.417 e. The molecule has 3 nitrogen and oxygen atoms in total. The van der Waals surface area contributed by atoms with Crippen molar-refractivity contribution >= 4 is 5.82 Å². The van der Waals surface area contributed by atoms with Gasteiger partial charge in [0.25, 0.3) is 0 Å². The van der Waals surface area contributed by atoms with Crippen LogP contribution in [0, 0.1) is 5.92 Å². The molecule has 1 aromatic rings. The van der Waals surface area contributed by atoms with E-state index in [2.05, 4.69) is 24.1 Å². The number of rotatable bonds is 5. The third kappa shape index (κ3) is 4.70. The lowest BCUT2D eigenvalue weighted by Gasteiger charge is -2.31. The summed E-state index contributed by atoms with van der Waals surface area (Å²) in [6.07, 6.45) is -2.72. The topological polar surface area (TPSA) is 50.9 Å². The van der Waals surface area contributed by atoms with Gasteiger partial charge in [0.15, 0.2) is 0 Å². The minimum absolute atomic E-state index is 0.374. The first-order valence-corrected chi connectivity index (χ1v) is 6.18. The molecule has 0 saturated heterocycles. The molecular weight excluding hydrogens is 255 g/mol. The van der Waals surface area contributed by atoms with Crippen molar-refractivity contribution in [2.45, 2.75) is 38.9 Å². The second-order valence-corrected chi connectivity index (χ2v) is 5.42. The minimum atomic E-state index is -4.36. The quantitative estimate of drug-likeness (QED) is 0.867. The molecular formula is C13H20F3N3. The molecule has 0 radical (unpaired) electrons. The van der Waals surface area contributed by atoms with E-state index in [-0.39, 0.29) is 5.54 Å². The highest BCUT2D eigenvalue weighted by Gasteiger charge is 2.31. The maximum Gasteiger partial charge on any atom is 0.417 e. The molecule has 0 aromatic carbocycles. The van der Waals surface area contributed by atoms with E-state index in [9.17, 15) is 13.2 Å². The Morgan fingerprint density at radius 2 is 1.95 bits per heavy atom. The van der Waals surface area contributed by atoms with E-state index in [1.165, 1.54) is 6.07 Å². The number of nitrogens with one attached hydrogen (secondary N) is 1. The van der Waals surface area contributed by atoms with Crippen molar-refractivity contribution in [2.75, 3.05) is 11.9 Å². The predicted octanol–water partition coefficient (Wildman–Crippen LogP) is 3.28. The second kappa shape index (κ2) is 5.77. The zero-order chi connectivity index (χ0) is 14.7. The van der Waals surface area contributed by atoms with E-state index in [0.717, 1.165) is 18.7 Å². The highest BCUT2D eigenvalue weighted by molar-refractivity contribution is 5.39. The fourth-order valence-electron chi connectivity index (χ4n) is 2.03. The number of alkyl halides is 3. The zero-order valence-electron chi connectivity index (χ0n) is 11.4. The molecule has 0 amide bonds. The summed E-state index contributed by atoms with van der Waals surface area (Å²) in [5.74, 6) is 0.831. The van der Waals surface area contributed by atoms with E-state index in [1.54, 1.807) is 0 Å². The molecule has 0 aliphatic rings. The van der Waals surface area contributed by atoms with Crippen molar-refractivity contribution in [3.8, 4) is 0 Å². The van der Waals surface area contributed by atoms with Crippen LogP contribution in [0.15, 0.2) is 18.3 Å². The summed E-state index contributed by atoms with van der Waals surface area (Å²) in [5.41, 5.74) is 4.60. The van der Waals surface area contributed by atoms with Crippen LogP contribution in [0.5, 0.6) is 0 Å². The van der Waals surface area contributed by atoms with Crippen LogP contribution in [0.3, 0.4) is 0 Å². The van der Waals surface area contributed by atoms with Gasteiger partial charge in [0, 0.05) is 18.3 Å². The van der Waals surface area contributed by atoms with Crippen LogP contribution in [-0.4, -0.2) is 17.1 Å². The summed E-state index contributed by atoms with van der Waals surface area (Å²) < 4.78 is 37.2. The first-order chi connectivity index (χ1) is 8.66. The number of hydrogen-bond acceptors (Lipinski definition) is 3. The molecule has 0 saturated carbocycles. The van der Waals surface area contributed by atoms with Crippen LogP contribution >= 0.6 is 0 Å². The molecule has 1 unspecified atom stereocenters. The van der Waals surface area contributed by atoms with Gasteiger partial charge in [-0.1, -0.05) is 13.8 Å². The fraction of sp³-hybridized carbons (Fsp3) is 0.615. The van der Waals surface area contributed by atoms with E-state index in [4.69, 9.17) is 5.73 Å². The summed E-state index contributed by atoms with van der Waals surface area (Å²) >= 11 is 0. The van der Waals surface area contributed by atoms with Gasteiger partial charge in [-0.25, -0.2) is 4.98 Å². The number of aromatic nitrogens is 1. The monoisotopic (exact) mass is 275 g/mol. The second-order valence-electron chi connectivity index (χ2n) is 5.42. The summed E-state index contributed by atoms with van der Waals surface area (Å²) in [6, 6.07) is 2.35. The lowest BCUT2D eigenvalue weighted by molar-refractivity contribution is -0.137. The highest BCUT2D eigenvalue weighted by Crippen LogP contribution is 2.29. The summed E-state index contributed by atoms with van der Waals surface area (Å²) in [7, 11) is 0. The Bertz CT molecular complexity index is 401. The Morgan fingerprint density at radius 3 is 2.32 bits per heavy atom. The number of halogens is 3. The van der Waals surface area contributed by atoms with E-state index in [1.807, 2.05) is 6.92 Å². The van der Waals surface area contributed by atoms with Crippen molar-refractivity contribution in [1.29, 1.82) is 0 Å². The van der Waals surface area contributed by atoms with E-state index >= 15 is 0 Å². The van der Waals surface area contributed by atoms with Crippen LogP contribution < -0.4 is 11.1 Å². The van der Waals surface area contributed by atoms with Crippen LogP contribution in [0.1, 0.15) is 32.8 Å². The third-order valence-electron chi connectivity index (χ3n) is 2.83. The van der Waals surface area contributed by atoms with Gasteiger partial charge in [0.1, 0.15) is 5.82 Å². The summed E-state index contributed by atoms with van der Waals surface area (Å²) in [4.78, 5) is 3.80. The smallest absolute Gasteiger partial charge is 0.364 e. The van der Waals surface area contributed by atoms with Gasteiger partial charge in [-0.15, -0.1) is 0 Å². The lowest BCUT2D eigenvalue weighted by atomic mass is 9.91. The van der Waals surface area contributed by atoms with Crippen LogP contribution in [-0.2, 0) is 6.18 Å². The van der Waals surface area contributed by atoms with Gasteiger partial charge in [-0.05, 0) is 31.4 Å². The maximum atomic E-state index is 12.4. The van der Waals surface area contributed by atoms with Gasteiger partial charge >= 0.3 is 6.18 Å². The molecule has 0 aliphatic carbocycles. The molecule has 0 aliphatic heterocycles. The van der Waals surface area contributed by atoms with Gasteiger partial charge in [0.05, 0.1) is 5.56 Å². The predicted molar refractivity (Wildman–Crippen MR) is 69.8 cm³/mol. The molecule has 1 rings (SSSR count). The molecule has 3 N–H and O–H groups in total. The minimum Gasteiger partial charge on any atom is -0.364 e. The highest BCUT2D eigenvalue weighted by atomic mass is 19.4.